The lowest BCUT2D eigenvalue weighted by atomic mass is 9.92. The van der Waals surface area contributed by atoms with Gasteiger partial charge in [-0.3, -0.25) is 4.79 Å². The SMILES string of the molecule is COc1cc(O)c2c(O)c3c(cc2c1)C[C@@H](CC(=O)O)OC3=O. The number of aliphatic carboxylic acids is 1. The predicted octanol–water partition coefficient (Wildman–Crippen LogP) is 1.82. The number of ether oxygens (including phenoxy) is 2. The number of esters is 1. The summed E-state index contributed by atoms with van der Waals surface area (Å²) in [6.45, 7) is 0. The van der Waals surface area contributed by atoms with E-state index in [1.165, 1.54) is 13.2 Å². The fourth-order valence-electron chi connectivity index (χ4n) is 2.84. The molecule has 0 unspecified atom stereocenters. The fourth-order valence-corrected chi connectivity index (χ4v) is 2.84. The van der Waals surface area contributed by atoms with E-state index in [1.807, 2.05) is 0 Å². The van der Waals surface area contributed by atoms with Crippen molar-refractivity contribution in [1.82, 2.24) is 0 Å². The molecule has 1 heterocycles. The zero-order valence-electron chi connectivity index (χ0n) is 12.2. The van der Waals surface area contributed by atoms with Crippen LogP contribution >= 0.6 is 0 Å². The van der Waals surface area contributed by atoms with Crippen LogP contribution in [-0.4, -0.2) is 40.5 Å². The Kier molecular flexibility index (Phi) is 3.48. The Labute approximate surface area is 130 Å². The van der Waals surface area contributed by atoms with Crippen LogP contribution in [0.1, 0.15) is 22.3 Å². The maximum Gasteiger partial charge on any atom is 0.342 e. The van der Waals surface area contributed by atoms with E-state index >= 15 is 0 Å². The van der Waals surface area contributed by atoms with Crippen LogP contribution in [0, 0.1) is 0 Å². The summed E-state index contributed by atoms with van der Waals surface area (Å²) in [7, 11) is 1.44. The van der Waals surface area contributed by atoms with E-state index in [-0.39, 0.29) is 35.3 Å². The number of aromatic hydroxyl groups is 2. The molecule has 2 aromatic carbocycles. The van der Waals surface area contributed by atoms with E-state index < -0.39 is 18.0 Å². The van der Waals surface area contributed by atoms with Crippen LogP contribution in [0.15, 0.2) is 18.2 Å². The van der Waals surface area contributed by atoms with Gasteiger partial charge in [0.2, 0.25) is 0 Å². The standard InChI is InChI=1S/C16H14O7/c1-22-9-3-7-2-8-4-10(6-12(18)19)23-16(21)14(8)15(20)13(7)11(17)5-9/h2-3,5,10,17,20H,4,6H2,1H3,(H,18,19)/t10-/m0/s1. The van der Waals surface area contributed by atoms with Crippen LogP contribution in [0.25, 0.3) is 10.8 Å². The lowest BCUT2D eigenvalue weighted by Gasteiger charge is -2.25. The Balaban J connectivity index is 2.18. The van der Waals surface area contributed by atoms with Crippen LogP contribution in [0.3, 0.4) is 0 Å². The van der Waals surface area contributed by atoms with Crippen LogP contribution in [0.2, 0.25) is 0 Å². The van der Waals surface area contributed by atoms with Gasteiger partial charge in [0.25, 0.3) is 0 Å². The molecule has 0 fully saturated rings. The number of phenolic OH excluding ortho intramolecular Hbond substituents is 2. The Morgan fingerprint density at radius 3 is 2.74 bits per heavy atom. The second kappa shape index (κ2) is 5.35. The van der Waals surface area contributed by atoms with Gasteiger partial charge in [-0.1, -0.05) is 0 Å². The zero-order valence-corrected chi connectivity index (χ0v) is 12.2. The van der Waals surface area contributed by atoms with Crippen LogP contribution in [-0.2, 0) is 16.0 Å². The second-order valence-corrected chi connectivity index (χ2v) is 5.33. The van der Waals surface area contributed by atoms with Gasteiger partial charge in [-0.05, 0) is 23.1 Å². The lowest BCUT2D eigenvalue weighted by molar-refractivity contribution is -0.139. The molecule has 1 atom stereocenters. The number of carbonyl (C=O) groups excluding carboxylic acids is 1. The molecule has 0 saturated heterocycles. The summed E-state index contributed by atoms with van der Waals surface area (Å²) >= 11 is 0. The molecule has 2 aromatic rings. The Morgan fingerprint density at radius 2 is 2.09 bits per heavy atom. The molecule has 23 heavy (non-hydrogen) atoms. The summed E-state index contributed by atoms with van der Waals surface area (Å²) in [6.07, 6.45) is -0.925. The summed E-state index contributed by atoms with van der Waals surface area (Å²) in [5.74, 6) is -2.07. The summed E-state index contributed by atoms with van der Waals surface area (Å²) in [5.41, 5.74) is 0.435. The minimum absolute atomic E-state index is 0.0420. The third-order valence-corrected chi connectivity index (χ3v) is 3.81. The van der Waals surface area contributed by atoms with Crippen molar-refractivity contribution in [1.29, 1.82) is 0 Å². The number of carboxylic acids is 1. The molecule has 0 amide bonds. The van der Waals surface area contributed by atoms with E-state index in [0.717, 1.165) is 0 Å². The van der Waals surface area contributed by atoms with Crippen LogP contribution in [0.4, 0.5) is 0 Å². The number of hydrogen-bond donors (Lipinski definition) is 3. The predicted molar refractivity (Wildman–Crippen MR) is 79.0 cm³/mol. The number of benzene rings is 2. The molecule has 0 aromatic heterocycles. The number of fused-ring (bicyclic) bond motifs is 2. The number of cyclic esters (lactones) is 1. The number of carbonyl (C=O) groups is 2. The molecule has 0 saturated carbocycles. The van der Waals surface area contributed by atoms with Crippen molar-refractivity contribution in [2.45, 2.75) is 18.9 Å². The first-order valence-electron chi connectivity index (χ1n) is 6.89. The van der Waals surface area contributed by atoms with E-state index in [4.69, 9.17) is 14.6 Å². The summed E-state index contributed by atoms with van der Waals surface area (Å²) in [6, 6.07) is 4.57. The van der Waals surface area contributed by atoms with Crippen molar-refractivity contribution < 1.29 is 34.4 Å². The van der Waals surface area contributed by atoms with Gasteiger partial charge in [-0.25, -0.2) is 4.79 Å². The first-order valence-corrected chi connectivity index (χ1v) is 6.89. The molecule has 7 nitrogen and oxygen atoms in total. The van der Waals surface area contributed by atoms with Gasteiger partial charge in [0, 0.05) is 12.5 Å². The topological polar surface area (TPSA) is 113 Å². The normalized spacial score (nSPS) is 16.7. The Morgan fingerprint density at radius 1 is 1.35 bits per heavy atom. The maximum atomic E-state index is 12.1. The number of rotatable bonds is 3. The highest BCUT2D eigenvalue weighted by molar-refractivity contribution is 6.06. The molecule has 0 bridgehead atoms. The van der Waals surface area contributed by atoms with E-state index in [1.54, 1.807) is 12.1 Å². The van der Waals surface area contributed by atoms with E-state index in [2.05, 4.69) is 0 Å². The molecular weight excluding hydrogens is 304 g/mol. The molecule has 1 aliphatic rings. The largest absolute Gasteiger partial charge is 0.507 e. The van der Waals surface area contributed by atoms with Crippen molar-refractivity contribution in [3.8, 4) is 17.2 Å². The van der Waals surface area contributed by atoms with Crippen LogP contribution in [0.5, 0.6) is 17.2 Å². The number of hydrogen-bond acceptors (Lipinski definition) is 6. The third-order valence-electron chi connectivity index (χ3n) is 3.81. The van der Waals surface area contributed by atoms with Crippen LogP contribution < -0.4 is 4.74 Å². The monoisotopic (exact) mass is 318 g/mol. The van der Waals surface area contributed by atoms with Crippen molar-refractivity contribution >= 4 is 22.7 Å². The van der Waals surface area contributed by atoms with E-state index in [9.17, 15) is 19.8 Å². The number of phenols is 2. The molecule has 3 N–H and O–H groups in total. The summed E-state index contributed by atoms with van der Waals surface area (Å²) in [5, 5.41) is 29.9. The highest BCUT2D eigenvalue weighted by atomic mass is 16.5. The molecule has 120 valence electrons. The molecule has 0 aliphatic carbocycles. The van der Waals surface area contributed by atoms with Gasteiger partial charge in [0.05, 0.1) is 18.9 Å². The van der Waals surface area contributed by atoms with Gasteiger partial charge >= 0.3 is 11.9 Å². The molecule has 0 spiro atoms. The average Bonchev–Trinajstić information content (AvgIpc) is 2.45. The molecule has 3 rings (SSSR count). The van der Waals surface area contributed by atoms with Crippen molar-refractivity contribution in [2.24, 2.45) is 0 Å². The van der Waals surface area contributed by atoms with Gasteiger partial charge in [0.1, 0.15) is 28.9 Å². The molecule has 0 radical (unpaired) electrons. The highest BCUT2D eigenvalue weighted by Gasteiger charge is 2.32. The third kappa shape index (κ3) is 2.50. The highest BCUT2D eigenvalue weighted by Crippen LogP contribution is 2.42. The summed E-state index contributed by atoms with van der Waals surface area (Å²) < 4.78 is 10.1. The van der Waals surface area contributed by atoms with Gasteiger partial charge in [-0.2, -0.15) is 0 Å². The number of carboxylic acid groups (broad SMARTS) is 1. The Hall–Kier alpha value is -2.96. The van der Waals surface area contributed by atoms with Crippen molar-refractivity contribution in [3.05, 3.63) is 29.3 Å². The molecular formula is C16H14O7. The van der Waals surface area contributed by atoms with Crippen molar-refractivity contribution in [3.63, 3.8) is 0 Å². The lowest BCUT2D eigenvalue weighted by Crippen LogP contribution is -2.29. The minimum Gasteiger partial charge on any atom is -0.507 e. The second-order valence-electron chi connectivity index (χ2n) is 5.33. The van der Waals surface area contributed by atoms with Crippen molar-refractivity contribution in [2.75, 3.05) is 7.11 Å². The molecule has 7 heteroatoms. The zero-order chi connectivity index (χ0) is 16.7. The quantitative estimate of drug-likeness (QED) is 0.740. The Bertz CT molecular complexity index is 825. The summed E-state index contributed by atoms with van der Waals surface area (Å²) in [4.78, 5) is 22.9. The first-order chi connectivity index (χ1) is 10.9. The van der Waals surface area contributed by atoms with Gasteiger partial charge in [-0.15, -0.1) is 0 Å². The van der Waals surface area contributed by atoms with E-state index in [0.29, 0.717) is 16.7 Å². The smallest absolute Gasteiger partial charge is 0.342 e. The average molecular weight is 318 g/mol. The van der Waals surface area contributed by atoms with Gasteiger partial charge < -0.3 is 24.8 Å². The van der Waals surface area contributed by atoms with Gasteiger partial charge in [0.15, 0.2) is 0 Å². The number of methoxy groups -OCH3 is 1. The molecule has 1 aliphatic heterocycles. The fraction of sp³-hybridized carbons (Fsp3) is 0.250. The minimum atomic E-state index is -1.07. The maximum absolute atomic E-state index is 12.1. The first kappa shape index (κ1) is 15.0.